The summed E-state index contributed by atoms with van der Waals surface area (Å²) in [6, 6.07) is 0. The maximum Gasteiger partial charge on any atom is 0.227 e. The number of rotatable bonds is 3. The molecule has 2 heterocycles. The average Bonchev–Trinajstić information content (AvgIpc) is 2.68. The third kappa shape index (κ3) is 3.48. The van der Waals surface area contributed by atoms with Crippen molar-refractivity contribution in [3.8, 4) is 0 Å². The van der Waals surface area contributed by atoms with Gasteiger partial charge in [0, 0.05) is 31.4 Å². The van der Waals surface area contributed by atoms with E-state index in [0.29, 0.717) is 6.54 Å². The van der Waals surface area contributed by atoms with Gasteiger partial charge in [-0.25, -0.2) is 0 Å². The van der Waals surface area contributed by atoms with Crippen LogP contribution < -0.4 is 10.6 Å². The van der Waals surface area contributed by atoms with Gasteiger partial charge in [-0.3, -0.25) is 9.48 Å². The monoisotopic (exact) mass is 286 g/mol. The van der Waals surface area contributed by atoms with Crippen molar-refractivity contribution in [2.24, 2.45) is 12.5 Å². The van der Waals surface area contributed by atoms with Gasteiger partial charge in [0.15, 0.2) is 0 Å². The minimum absolute atomic E-state index is 0. The lowest BCUT2D eigenvalue weighted by atomic mass is 9.82. The Labute approximate surface area is 120 Å². The lowest BCUT2D eigenvalue weighted by Crippen LogP contribution is -2.48. The van der Waals surface area contributed by atoms with Crippen LogP contribution in [0.15, 0.2) is 6.20 Å². The fourth-order valence-electron chi connectivity index (χ4n) is 2.36. The molecular weight excluding hydrogens is 264 g/mol. The Morgan fingerprint density at radius 2 is 2.37 bits per heavy atom. The summed E-state index contributed by atoms with van der Waals surface area (Å²) in [7, 11) is 1.91. The Kier molecular flexibility index (Phi) is 5.38. The van der Waals surface area contributed by atoms with E-state index in [1.165, 1.54) is 0 Å². The average molecular weight is 287 g/mol. The fraction of sp³-hybridized carbons (Fsp3) is 0.692. The van der Waals surface area contributed by atoms with E-state index in [2.05, 4.69) is 15.7 Å². The molecule has 108 valence electrons. The van der Waals surface area contributed by atoms with Gasteiger partial charge in [-0.1, -0.05) is 0 Å². The first-order valence-electron chi connectivity index (χ1n) is 6.49. The molecule has 0 aliphatic carbocycles. The molecule has 1 amide bonds. The van der Waals surface area contributed by atoms with E-state index in [4.69, 9.17) is 0 Å². The molecule has 1 aliphatic rings. The second-order valence-electron chi connectivity index (χ2n) is 5.40. The molecule has 1 atom stereocenters. The lowest BCUT2D eigenvalue weighted by Gasteiger charge is -2.32. The van der Waals surface area contributed by atoms with E-state index >= 15 is 0 Å². The first kappa shape index (κ1) is 16.0. The second-order valence-corrected chi connectivity index (χ2v) is 5.40. The largest absolute Gasteiger partial charge is 0.351 e. The van der Waals surface area contributed by atoms with Crippen molar-refractivity contribution in [1.82, 2.24) is 20.4 Å². The number of aromatic nitrogens is 2. The van der Waals surface area contributed by atoms with Crippen molar-refractivity contribution in [3.05, 3.63) is 17.5 Å². The number of piperidine rings is 1. The van der Waals surface area contributed by atoms with Crippen LogP contribution in [0.3, 0.4) is 0 Å². The molecule has 0 aromatic carbocycles. The number of amides is 1. The molecule has 0 saturated carbocycles. The highest BCUT2D eigenvalue weighted by molar-refractivity contribution is 5.85. The summed E-state index contributed by atoms with van der Waals surface area (Å²) in [4.78, 5) is 12.2. The summed E-state index contributed by atoms with van der Waals surface area (Å²) in [6.45, 7) is 6.40. The summed E-state index contributed by atoms with van der Waals surface area (Å²) < 4.78 is 1.82. The van der Waals surface area contributed by atoms with Crippen molar-refractivity contribution in [1.29, 1.82) is 0 Å². The van der Waals surface area contributed by atoms with Gasteiger partial charge < -0.3 is 10.6 Å². The highest BCUT2D eigenvalue weighted by Crippen LogP contribution is 2.25. The molecule has 1 fully saturated rings. The number of hydrogen-bond acceptors (Lipinski definition) is 3. The minimum atomic E-state index is -0.269. The molecule has 1 aromatic heterocycles. The zero-order valence-electron chi connectivity index (χ0n) is 11.8. The summed E-state index contributed by atoms with van der Waals surface area (Å²) >= 11 is 0. The van der Waals surface area contributed by atoms with Crippen molar-refractivity contribution in [2.75, 3.05) is 13.1 Å². The number of carbonyl (C=O) groups is 1. The first-order valence-corrected chi connectivity index (χ1v) is 6.49. The van der Waals surface area contributed by atoms with E-state index in [1.807, 2.05) is 31.8 Å². The molecule has 1 saturated heterocycles. The van der Waals surface area contributed by atoms with Crippen LogP contribution in [0.4, 0.5) is 0 Å². The Balaban J connectivity index is 0.00000180. The van der Waals surface area contributed by atoms with E-state index in [0.717, 1.165) is 37.2 Å². The molecule has 1 unspecified atom stereocenters. The van der Waals surface area contributed by atoms with Crippen molar-refractivity contribution in [2.45, 2.75) is 33.2 Å². The highest BCUT2D eigenvalue weighted by atomic mass is 35.5. The molecule has 5 nitrogen and oxygen atoms in total. The molecule has 0 radical (unpaired) electrons. The van der Waals surface area contributed by atoms with Crippen LogP contribution in [0.1, 0.15) is 31.0 Å². The van der Waals surface area contributed by atoms with E-state index in [-0.39, 0.29) is 23.7 Å². The molecule has 0 spiro atoms. The van der Waals surface area contributed by atoms with Gasteiger partial charge in [0.1, 0.15) is 0 Å². The fourth-order valence-corrected chi connectivity index (χ4v) is 2.36. The van der Waals surface area contributed by atoms with Crippen LogP contribution in [-0.2, 0) is 18.4 Å². The van der Waals surface area contributed by atoms with Gasteiger partial charge >= 0.3 is 0 Å². The zero-order valence-corrected chi connectivity index (χ0v) is 12.6. The van der Waals surface area contributed by atoms with Crippen LogP contribution >= 0.6 is 12.4 Å². The number of hydrogen-bond donors (Lipinski definition) is 2. The highest BCUT2D eigenvalue weighted by Gasteiger charge is 2.34. The Bertz CT molecular complexity index is 438. The Morgan fingerprint density at radius 1 is 1.63 bits per heavy atom. The summed E-state index contributed by atoms with van der Waals surface area (Å²) in [6.07, 6.45) is 3.84. The molecule has 19 heavy (non-hydrogen) atoms. The maximum absolute atomic E-state index is 12.2. The topological polar surface area (TPSA) is 59.0 Å². The number of halogens is 1. The molecule has 2 rings (SSSR count). The van der Waals surface area contributed by atoms with Gasteiger partial charge in [0.05, 0.1) is 11.6 Å². The van der Waals surface area contributed by atoms with Crippen LogP contribution in [0.2, 0.25) is 0 Å². The van der Waals surface area contributed by atoms with Crippen LogP contribution in [0.5, 0.6) is 0 Å². The normalized spacial score (nSPS) is 22.7. The molecule has 6 heteroatoms. The van der Waals surface area contributed by atoms with Crippen molar-refractivity contribution >= 4 is 18.3 Å². The predicted octanol–water partition coefficient (Wildman–Crippen LogP) is 1.16. The van der Waals surface area contributed by atoms with Crippen LogP contribution in [-0.4, -0.2) is 28.8 Å². The minimum Gasteiger partial charge on any atom is -0.351 e. The van der Waals surface area contributed by atoms with Gasteiger partial charge in [0.2, 0.25) is 5.91 Å². The van der Waals surface area contributed by atoms with E-state index < -0.39 is 0 Å². The quantitative estimate of drug-likeness (QED) is 0.877. The van der Waals surface area contributed by atoms with Crippen LogP contribution in [0.25, 0.3) is 0 Å². The molecule has 0 bridgehead atoms. The predicted molar refractivity (Wildman–Crippen MR) is 77.3 cm³/mol. The number of carbonyl (C=O) groups excluding carboxylic acids is 1. The number of aryl methyl sites for hydroxylation is 1. The lowest BCUT2D eigenvalue weighted by molar-refractivity contribution is -0.131. The molecule has 1 aromatic rings. The second kappa shape index (κ2) is 6.39. The Hall–Kier alpha value is -1.07. The van der Waals surface area contributed by atoms with Gasteiger partial charge in [-0.05, 0) is 33.2 Å². The van der Waals surface area contributed by atoms with Crippen LogP contribution in [0, 0.1) is 12.3 Å². The van der Waals surface area contributed by atoms with Gasteiger partial charge in [-0.2, -0.15) is 5.10 Å². The summed E-state index contributed by atoms with van der Waals surface area (Å²) in [5, 5.41) is 10.5. The summed E-state index contributed by atoms with van der Waals surface area (Å²) in [5.41, 5.74) is 1.91. The Morgan fingerprint density at radius 3 is 2.89 bits per heavy atom. The van der Waals surface area contributed by atoms with E-state index in [1.54, 1.807) is 0 Å². The standard InChI is InChI=1S/C13H22N4O.ClH/c1-10-11(8-16-17(10)3)7-15-12(18)13(2)5-4-6-14-9-13;/h8,14H,4-7,9H2,1-3H3,(H,15,18);1H. The first-order chi connectivity index (χ1) is 8.53. The molecular formula is C13H23ClN4O. The third-order valence-electron chi connectivity index (χ3n) is 3.92. The van der Waals surface area contributed by atoms with Crippen molar-refractivity contribution < 1.29 is 4.79 Å². The smallest absolute Gasteiger partial charge is 0.227 e. The summed E-state index contributed by atoms with van der Waals surface area (Å²) in [5.74, 6) is 0.137. The third-order valence-corrected chi connectivity index (χ3v) is 3.92. The zero-order chi connectivity index (χ0) is 13.2. The van der Waals surface area contributed by atoms with Gasteiger partial charge in [-0.15, -0.1) is 12.4 Å². The van der Waals surface area contributed by atoms with Gasteiger partial charge in [0.25, 0.3) is 0 Å². The van der Waals surface area contributed by atoms with Crippen molar-refractivity contribution in [3.63, 3.8) is 0 Å². The number of nitrogens with zero attached hydrogens (tertiary/aromatic N) is 2. The SMILES string of the molecule is Cc1c(CNC(=O)C2(C)CCCNC2)cnn1C.Cl. The maximum atomic E-state index is 12.2. The molecule has 2 N–H and O–H groups in total. The van der Waals surface area contributed by atoms with E-state index in [9.17, 15) is 4.79 Å². The number of nitrogens with one attached hydrogen (secondary N) is 2. The molecule has 1 aliphatic heterocycles.